The first-order valence-electron chi connectivity index (χ1n) is 13.5. The fourth-order valence-corrected chi connectivity index (χ4v) is 4.68. The Morgan fingerprint density at radius 2 is 1.70 bits per heavy atom. The molecule has 0 saturated carbocycles. The summed E-state index contributed by atoms with van der Waals surface area (Å²) in [4.78, 5) is 32.9. The molecule has 2 aromatic carbocycles. The molecule has 9 nitrogen and oxygen atoms in total. The number of halogens is 4. The first-order valence-corrected chi connectivity index (χ1v) is 13.5. The van der Waals surface area contributed by atoms with Gasteiger partial charge in [0.05, 0.1) is 26.0 Å². The van der Waals surface area contributed by atoms with E-state index < -0.39 is 41.7 Å². The van der Waals surface area contributed by atoms with Crippen LogP contribution in [0.3, 0.4) is 0 Å². The largest absolute Gasteiger partial charge is 0.494 e. The quantitative estimate of drug-likeness (QED) is 0.197. The summed E-state index contributed by atoms with van der Waals surface area (Å²) in [6.07, 6.45) is -5.08. The number of carbonyl (C=O) groups excluding carboxylic acids is 1. The number of benzene rings is 2. The molecule has 1 amide bonds. The lowest BCUT2D eigenvalue weighted by Gasteiger charge is -2.31. The zero-order valence-electron chi connectivity index (χ0n) is 24.2. The van der Waals surface area contributed by atoms with Crippen LogP contribution in [-0.4, -0.2) is 58.5 Å². The fraction of sp³-hybridized carbons (Fsp3) is 0.290. The SMILES string of the molecule is CCOc1c(CC)cc([C@@](O)(CNC(=O)c2cc(OC)c3nc(C(=O)O)c(C)cc3c2)C(F)(F)F)nc1-c1ccc(F)cc1. The number of hydrogen-bond acceptors (Lipinski definition) is 7. The second-order valence-electron chi connectivity index (χ2n) is 9.89. The highest BCUT2D eigenvalue weighted by molar-refractivity contribution is 6.01. The van der Waals surface area contributed by atoms with Gasteiger partial charge >= 0.3 is 12.1 Å². The minimum absolute atomic E-state index is 0.0194. The highest BCUT2D eigenvalue weighted by Crippen LogP contribution is 2.42. The molecule has 0 radical (unpaired) electrons. The van der Waals surface area contributed by atoms with E-state index in [4.69, 9.17) is 9.47 Å². The molecule has 0 unspecified atom stereocenters. The van der Waals surface area contributed by atoms with Crippen molar-refractivity contribution in [3.8, 4) is 22.8 Å². The molecule has 3 N–H and O–H groups in total. The Bertz CT molecular complexity index is 1730. The molecule has 0 spiro atoms. The first-order chi connectivity index (χ1) is 20.7. The fourth-order valence-electron chi connectivity index (χ4n) is 4.68. The van der Waals surface area contributed by atoms with Gasteiger partial charge in [-0.15, -0.1) is 0 Å². The van der Waals surface area contributed by atoms with Crippen molar-refractivity contribution < 1.29 is 46.8 Å². The van der Waals surface area contributed by atoms with E-state index in [1.54, 1.807) is 13.8 Å². The van der Waals surface area contributed by atoms with Crippen molar-refractivity contribution in [1.29, 1.82) is 0 Å². The van der Waals surface area contributed by atoms with Crippen LogP contribution in [0.2, 0.25) is 0 Å². The Morgan fingerprint density at radius 3 is 2.27 bits per heavy atom. The van der Waals surface area contributed by atoms with Crippen molar-refractivity contribution in [2.24, 2.45) is 0 Å². The Hall–Kier alpha value is -4.78. The molecule has 2 aromatic heterocycles. The second kappa shape index (κ2) is 12.4. The van der Waals surface area contributed by atoms with Crippen LogP contribution in [0.25, 0.3) is 22.2 Å². The molecule has 2 heterocycles. The van der Waals surface area contributed by atoms with Crippen LogP contribution in [0.1, 0.15) is 51.5 Å². The summed E-state index contributed by atoms with van der Waals surface area (Å²) in [6.45, 7) is 3.75. The number of carboxylic acids is 1. The van der Waals surface area contributed by atoms with Crippen molar-refractivity contribution in [1.82, 2.24) is 15.3 Å². The van der Waals surface area contributed by atoms with Crippen molar-refractivity contribution in [2.75, 3.05) is 20.3 Å². The van der Waals surface area contributed by atoms with E-state index in [0.717, 1.165) is 18.2 Å². The highest BCUT2D eigenvalue weighted by atomic mass is 19.4. The summed E-state index contributed by atoms with van der Waals surface area (Å²) in [7, 11) is 1.27. The number of alkyl halides is 3. The Morgan fingerprint density at radius 1 is 1.02 bits per heavy atom. The van der Waals surface area contributed by atoms with Gasteiger partial charge in [-0.2, -0.15) is 13.2 Å². The van der Waals surface area contributed by atoms with Gasteiger partial charge in [0.1, 0.15) is 28.5 Å². The van der Waals surface area contributed by atoms with E-state index in [0.29, 0.717) is 16.5 Å². The van der Waals surface area contributed by atoms with Gasteiger partial charge in [-0.05, 0) is 79.9 Å². The van der Waals surface area contributed by atoms with Gasteiger partial charge in [0.2, 0.25) is 5.60 Å². The topological polar surface area (TPSA) is 131 Å². The predicted octanol–water partition coefficient (Wildman–Crippen LogP) is 5.59. The molecule has 1 atom stereocenters. The Kier molecular flexibility index (Phi) is 9.09. The molecule has 0 aliphatic heterocycles. The minimum atomic E-state index is -5.29. The number of aromatic carboxylic acids is 1. The van der Waals surface area contributed by atoms with E-state index >= 15 is 0 Å². The molecule has 232 valence electrons. The van der Waals surface area contributed by atoms with Crippen LogP contribution in [0.4, 0.5) is 17.6 Å². The molecule has 0 aliphatic rings. The van der Waals surface area contributed by atoms with Gasteiger partial charge in [0, 0.05) is 16.5 Å². The number of hydrogen-bond donors (Lipinski definition) is 3. The van der Waals surface area contributed by atoms with Crippen molar-refractivity contribution in [2.45, 2.75) is 39.0 Å². The number of nitrogens with one attached hydrogen (secondary N) is 1. The normalized spacial score (nSPS) is 12.9. The number of aromatic nitrogens is 2. The molecular formula is C31H29F4N3O6. The molecule has 0 bridgehead atoms. The number of carbonyl (C=O) groups is 2. The molecule has 4 rings (SSSR count). The third kappa shape index (κ3) is 6.13. The Labute approximate surface area is 249 Å². The molecule has 0 aliphatic carbocycles. The standard InChI is InChI=1S/C31H29F4N3O6/c1-5-17-14-23(37-26(27(17)44-6-2)18-7-9-21(32)10-8-18)30(42,31(33,34)35)15-36-28(39)20-12-19-11-16(3)24(29(40)41)38-25(19)22(13-20)43-4/h7-14,42H,5-6,15H2,1-4H3,(H,36,39)(H,40,41)/t30-/m0/s1. The van der Waals surface area contributed by atoms with Crippen LogP contribution in [0.15, 0.2) is 48.5 Å². The number of aliphatic hydroxyl groups is 1. The predicted molar refractivity (Wildman–Crippen MR) is 152 cm³/mol. The number of pyridine rings is 2. The van der Waals surface area contributed by atoms with Gasteiger partial charge in [-0.25, -0.2) is 19.2 Å². The van der Waals surface area contributed by atoms with E-state index in [1.165, 1.54) is 44.4 Å². The van der Waals surface area contributed by atoms with Crippen LogP contribution < -0.4 is 14.8 Å². The summed E-state index contributed by atoms with van der Waals surface area (Å²) in [6, 6.07) is 9.98. The summed E-state index contributed by atoms with van der Waals surface area (Å²) in [5.41, 5.74) is -3.80. The minimum Gasteiger partial charge on any atom is -0.494 e. The summed E-state index contributed by atoms with van der Waals surface area (Å²) in [5, 5.41) is 23.0. The van der Waals surface area contributed by atoms with E-state index in [2.05, 4.69) is 15.3 Å². The number of aryl methyl sites for hydroxylation is 2. The number of methoxy groups -OCH3 is 1. The molecule has 44 heavy (non-hydrogen) atoms. The van der Waals surface area contributed by atoms with Gasteiger partial charge in [0.15, 0.2) is 5.69 Å². The first kappa shape index (κ1) is 32.1. The smallest absolute Gasteiger partial charge is 0.424 e. The highest BCUT2D eigenvalue weighted by Gasteiger charge is 2.56. The van der Waals surface area contributed by atoms with E-state index in [1.807, 2.05) is 0 Å². The molecule has 4 aromatic rings. The molecule has 0 fully saturated rings. The zero-order chi connectivity index (χ0) is 32.4. The molecule has 13 heteroatoms. The average molecular weight is 616 g/mol. The number of amides is 1. The second-order valence-corrected chi connectivity index (χ2v) is 9.89. The van der Waals surface area contributed by atoms with Crippen LogP contribution in [0.5, 0.6) is 11.5 Å². The van der Waals surface area contributed by atoms with Crippen LogP contribution in [0, 0.1) is 12.7 Å². The lowest BCUT2D eigenvalue weighted by molar-refractivity contribution is -0.265. The number of rotatable bonds is 10. The lowest BCUT2D eigenvalue weighted by Crippen LogP contribution is -2.51. The van der Waals surface area contributed by atoms with Crippen LogP contribution >= 0.6 is 0 Å². The summed E-state index contributed by atoms with van der Waals surface area (Å²) >= 11 is 0. The maximum absolute atomic E-state index is 14.6. The zero-order valence-corrected chi connectivity index (χ0v) is 24.2. The average Bonchev–Trinajstić information content (AvgIpc) is 2.98. The maximum atomic E-state index is 14.6. The lowest BCUT2D eigenvalue weighted by atomic mass is 9.94. The number of fused-ring (bicyclic) bond motifs is 1. The van der Waals surface area contributed by atoms with Crippen LogP contribution in [-0.2, 0) is 12.0 Å². The van der Waals surface area contributed by atoms with Gasteiger partial charge in [-0.3, -0.25) is 4.79 Å². The van der Waals surface area contributed by atoms with Gasteiger partial charge in [-0.1, -0.05) is 6.92 Å². The van der Waals surface area contributed by atoms with Crippen molar-refractivity contribution in [3.05, 3.63) is 82.4 Å². The monoisotopic (exact) mass is 615 g/mol. The van der Waals surface area contributed by atoms with E-state index in [-0.39, 0.29) is 52.6 Å². The third-order valence-electron chi connectivity index (χ3n) is 6.99. The van der Waals surface area contributed by atoms with Gasteiger partial charge < -0.3 is 25.0 Å². The number of carboxylic acid groups (broad SMARTS) is 1. The van der Waals surface area contributed by atoms with E-state index in [9.17, 15) is 37.4 Å². The van der Waals surface area contributed by atoms with Crippen molar-refractivity contribution >= 4 is 22.8 Å². The Balaban J connectivity index is 1.77. The van der Waals surface area contributed by atoms with Crippen molar-refractivity contribution in [3.63, 3.8) is 0 Å². The molecular weight excluding hydrogens is 586 g/mol. The molecule has 0 saturated heterocycles. The number of nitrogens with zero attached hydrogens (tertiary/aromatic N) is 2. The summed E-state index contributed by atoms with van der Waals surface area (Å²) in [5.74, 6) is -2.60. The summed E-state index contributed by atoms with van der Waals surface area (Å²) < 4.78 is 68.4. The van der Waals surface area contributed by atoms with Gasteiger partial charge in [0.25, 0.3) is 5.91 Å². The maximum Gasteiger partial charge on any atom is 0.424 e. The third-order valence-corrected chi connectivity index (χ3v) is 6.99. The number of ether oxygens (including phenoxy) is 2.